The van der Waals surface area contributed by atoms with Gasteiger partial charge in [-0.25, -0.2) is 0 Å². The minimum absolute atomic E-state index is 0.0116. The minimum atomic E-state index is -0.0116. The molecule has 6 nitrogen and oxygen atoms in total. The van der Waals surface area contributed by atoms with Crippen molar-refractivity contribution in [3.8, 4) is 0 Å². The summed E-state index contributed by atoms with van der Waals surface area (Å²) in [6, 6.07) is 5.33. The normalized spacial score (nSPS) is 14.6. The lowest BCUT2D eigenvalue weighted by atomic mass is 10.3. The molecule has 3 rings (SSSR count). The third-order valence-corrected chi connectivity index (χ3v) is 3.27. The van der Waals surface area contributed by atoms with Gasteiger partial charge in [0.15, 0.2) is 5.82 Å². The van der Waals surface area contributed by atoms with Crippen LogP contribution in [0.15, 0.2) is 28.9 Å². The number of aromatic nitrogens is 2. The highest BCUT2D eigenvalue weighted by Crippen LogP contribution is 2.18. The van der Waals surface area contributed by atoms with Crippen molar-refractivity contribution in [2.24, 2.45) is 0 Å². The van der Waals surface area contributed by atoms with Crippen molar-refractivity contribution in [2.75, 3.05) is 18.4 Å². The maximum atomic E-state index is 12.3. The number of anilines is 2. The number of nitrogens with zero attached hydrogens (tertiary/aromatic N) is 3. The lowest BCUT2D eigenvalue weighted by molar-refractivity contribution is 0.0787. The first-order valence-electron chi connectivity index (χ1n) is 6.68. The summed E-state index contributed by atoms with van der Waals surface area (Å²) in [7, 11) is 0. The van der Waals surface area contributed by atoms with E-state index in [1.165, 1.54) is 0 Å². The molecule has 0 aliphatic carbocycles. The predicted octanol–water partition coefficient (Wildman–Crippen LogP) is 2.36. The van der Waals surface area contributed by atoms with Crippen LogP contribution >= 0.6 is 0 Å². The van der Waals surface area contributed by atoms with E-state index in [1.807, 2.05) is 11.8 Å². The number of carbonyl (C=O) groups is 1. The standard InChI is InChI=1S/C14H16N4O2/c1-10-8-13(17-20-10)16-11-4-5-15-12(9-11)14(19)18-6-2-3-7-18/h4-5,8-9H,2-3,6-7H2,1H3,(H,15,16,17). The first kappa shape index (κ1) is 12.7. The Morgan fingerprint density at radius 3 is 2.85 bits per heavy atom. The van der Waals surface area contributed by atoms with Gasteiger partial charge in [0, 0.05) is 31.0 Å². The second-order valence-corrected chi connectivity index (χ2v) is 4.88. The van der Waals surface area contributed by atoms with Gasteiger partial charge in [0.25, 0.3) is 5.91 Å². The summed E-state index contributed by atoms with van der Waals surface area (Å²) >= 11 is 0. The minimum Gasteiger partial charge on any atom is -0.360 e. The molecule has 20 heavy (non-hydrogen) atoms. The van der Waals surface area contributed by atoms with E-state index in [-0.39, 0.29) is 5.91 Å². The zero-order valence-corrected chi connectivity index (χ0v) is 11.3. The van der Waals surface area contributed by atoms with Gasteiger partial charge in [-0.3, -0.25) is 9.78 Å². The van der Waals surface area contributed by atoms with Gasteiger partial charge in [-0.15, -0.1) is 0 Å². The zero-order chi connectivity index (χ0) is 13.9. The molecule has 0 aromatic carbocycles. The molecule has 2 aromatic heterocycles. The van der Waals surface area contributed by atoms with Gasteiger partial charge in [0.1, 0.15) is 11.5 Å². The number of rotatable bonds is 3. The summed E-state index contributed by atoms with van der Waals surface area (Å²) in [5.41, 5.74) is 1.23. The lowest BCUT2D eigenvalue weighted by Gasteiger charge is -2.14. The Morgan fingerprint density at radius 1 is 1.35 bits per heavy atom. The van der Waals surface area contributed by atoms with Crippen LogP contribution in [0.4, 0.5) is 11.5 Å². The molecule has 2 aromatic rings. The lowest BCUT2D eigenvalue weighted by Crippen LogP contribution is -2.28. The number of hydrogen-bond acceptors (Lipinski definition) is 5. The number of hydrogen-bond donors (Lipinski definition) is 1. The molecule has 0 saturated carbocycles. The summed E-state index contributed by atoms with van der Waals surface area (Å²) in [5, 5.41) is 6.96. The molecule has 0 spiro atoms. The van der Waals surface area contributed by atoms with Gasteiger partial charge in [0.05, 0.1) is 0 Å². The van der Waals surface area contributed by atoms with E-state index in [2.05, 4.69) is 15.5 Å². The third-order valence-electron chi connectivity index (χ3n) is 3.27. The van der Waals surface area contributed by atoms with Crippen molar-refractivity contribution < 1.29 is 9.32 Å². The van der Waals surface area contributed by atoms with Crippen LogP contribution in [0.2, 0.25) is 0 Å². The number of amides is 1. The highest BCUT2D eigenvalue weighted by atomic mass is 16.5. The summed E-state index contributed by atoms with van der Waals surface area (Å²) in [4.78, 5) is 18.3. The summed E-state index contributed by atoms with van der Waals surface area (Å²) in [6.45, 7) is 3.47. The molecular weight excluding hydrogens is 256 g/mol. The zero-order valence-electron chi connectivity index (χ0n) is 11.3. The Balaban J connectivity index is 1.76. The van der Waals surface area contributed by atoms with Crippen molar-refractivity contribution >= 4 is 17.4 Å². The van der Waals surface area contributed by atoms with Crippen molar-refractivity contribution in [1.29, 1.82) is 0 Å². The molecule has 1 amide bonds. The van der Waals surface area contributed by atoms with Crippen LogP contribution in [0.3, 0.4) is 0 Å². The van der Waals surface area contributed by atoms with Crippen molar-refractivity contribution in [3.05, 3.63) is 35.9 Å². The van der Waals surface area contributed by atoms with Gasteiger partial charge in [-0.05, 0) is 31.9 Å². The van der Waals surface area contributed by atoms with E-state index < -0.39 is 0 Å². The first-order chi connectivity index (χ1) is 9.72. The summed E-state index contributed by atoms with van der Waals surface area (Å²) in [5.74, 6) is 1.34. The largest absolute Gasteiger partial charge is 0.360 e. The average Bonchev–Trinajstić information content (AvgIpc) is 3.10. The quantitative estimate of drug-likeness (QED) is 0.928. The molecule has 0 bridgehead atoms. The molecule has 104 valence electrons. The third kappa shape index (κ3) is 2.64. The van der Waals surface area contributed by atoms with Crippen molar-refractivity contribution in [2.45, 2.75) is 19.8 Å². The van der Waals surface area contributed by atoms with Crippen LogP contribution in [-0.4, -0.2) is 34.0 Å². The Hall–Kier alpha value is -2.37. The van der Waals surface area contributed by atoms with Crippen molar-refractivity contribution in [3.63, 3.8) is 0 Å². The van der Waals surface area contributed by atoms with E-state index in [9.17, 15) is 4.79 Å². The molecule has 6 heteroatoms. The van der Waals surface area contributed by atoms with E-state index in [0.29, 0.717) is 11.5 Å². The number of nitrogens with one attached hydrogen (secondary N) is 1. The van der Waals surface area contributed by atoms with Gasteiger partial charge in [-0.2, -0.15) is 0 Å². The van der Waals surface area contributed by atoms with Gasteiger partial charge in [-0.1, -0.05) is 5.16 Å². The fourth-order valence-corrected chi connectivity index (χ4v) is 2.28. The molecule has 1 saturated heterocycles. The molecule has 0 unspecified atom stereocenters. The van der Waals surface area contributed by atoms with Gasteiger partial charge < -0.3 is 14.7 Å². The van der Waals surface area contributed by atoms with E-state index in [1.54, 1.807) is 24.4 Å². The Morgan fingerprint density at radius 2 is 2.15 bits per heavy atom. The maximum absolute atomic E-state index is 12.3. The molecule has 0 radical (unpaired) electrons. The fourth-order valence-electron chi connectivity index (χ4n) is 2.28. The number of pyridine rings is 1. The molecule has 0 atom stereocenters. The fraction of sp³-hybridized carbons (Fsp3) is 0.357. The molecule has 1 aliphatic rings. The van der Waals surface area contributed by atoms with Crippen molar-refractivity contribution in [1.82, 2.24) is 15.0 Å². The smallest absolute Gasteiger partial charge is 0.272 e. The van der Waals surface area contributed by atoms with Crippen LogP contribution < -0.4 is 5.32 Å². The van der Waals surface area contributed by atoms with Crippen LogP contribution in [0.5, 0.6) is 0 Å². The van der Waals surface area contributed by atoms with Crippen LogP contribution in [0, 0.1) is 6.92 Å². The SMILES string of the molecule is Cc1cc(Nc2ccnc(C(=O)N3CCCC3)c2)no1. The molecule has 1 N–H and O–H groups in total. The topological polar surface area (TPSA) is 71.3 Å². The summed E-state index contributed by atoms with van der Waals surface area (Å²) in [6.07, 6.45) is 3.77. The number of aryl methyl sites for hydroxylation is 1. The molecular formula is C14H16N4O2. The van der Waals surface area contributed by atoms with E-state index in [0.717, 1.165) is 37.4 Å². The Kier molecular flexibility index (Phi) is 3.37. The highest BCUT2D eigenvalue weighted by molar-refractivity contribution is 5.93. The number of carbonyl (C=O) groups excluding carboxylic acids is 1. The molecule has 3 heterocycles. The van der Waals surface area contributed by atoms with Gasteiger partial charge in [0.2, 0.25) is 0 Å². The van der Waals surface area contributed by atoms with Gasteiger partial charge >= 0.3 is 0 Å². The first-order valence-corrected chi connectivity index (χ1v) is 6.68. The average molecular weight is 272 g/mol. The van der Waals surface area contributed by atoms with Crippen LogP contribution in [-0.2, 0) is 0 Å². The second kappa shape index (κ2) is 5.32. The molecule has 1 fully saturated rings. The van der Waals surface area contributed by atoms with Crippen LogP contribution in [0.1, 0.15) is 29.1 Å². The Bertz CT molecular complexity index is 617. The van der Waals surface area contributed by atoms with Crippen LogP contribution in [0.25, 0.3) is 0 Å². The highest BCUT2D eigenvalue weighted by Gasteiger charge is 2.20. The predicted molar refractivity (Wildman–Crippen MR) is 73.9 cm³/mol. The Labute approximate surface area is 116 Å². The monoisotopic (exact) mass is 272 g/mol. The maximum Gasteiger partial charge on any atom is 0.272 e. The number of likely N-dealkylation sites (tertiary alicyclic amines) is 1. The molecule has 1 aliphatic heterocycles. The summed E-state index contributed by atoms with van der Waals surface area (Å²) < 4.78 is 4.99. The van der Waals surface area contributed by atoms with E-state index >= 15 is 0 Å². The van der Waals surface area contributed by atoms with E-state index in [4.69, 9.17) is 4.52 Å². The second-order valence-electron chi connectivity index (χ2n) is 4.88.